The van der Waals surface area contributed by atoms with E-state index in [0.29, 0.717) is 6.04 Å². The fourth-order valence-electron chi connectivity index (χ4n) is 3.31. The molecule has 1 saturated heterocycles. The van der Waals surface area contributed by atoms with Gasteiger partial charge in [0.15, 0.2) is 0 Å². The molecule has 1 atom stereocenters. The molecule has 1 aliphatic carbocycles. The molecule has 0 radical (unpaired) electrons. The molecule has 1 saturated carbocycles. The second-order valence-corrected chi connectivity index (χ2v) is 5.54. The quantitative estimate of drug-likeness (QED) is 0.748. The zero-order chi connectivity index (χ0) is 11.9. The number of nitrogens with two attached hydrogens (primary N) is 1. The molecule has 100 valence electrons. The number of ether oxygens (including phenoxy) is 1. The molecular weight excluding hydrogens is 212 g/mol. The summed E-state index contributed by atoms with van der Waals surface area (Å²) in [6.45, 7) is 3.89. The lowest BCUT2D eigenvalue weighted by Crippen LogP contribution is -2.44. The van der Waals surface area contributed by atoms with Crippen molar-refractivity contribution < 1.29 is 4.74 Å². The van der Waals surface area contributed by atoms with Crippen LogP contribution < -0.4 is 5.73 Å². The molecule has 2 N–H and O–H groups in total. The molecule has 3 nitrogen and oxygen atoms in total. The minimum absolute atomic E-state index is 0.671. The molecule has 0 aromatic heterocycles. The Hall–Kier alpha value is -0.120. The molecule has 1 unspecified atom stereocenters. The summed E-state index contributed by atoms with van der Waals surface area (Å²) < 4.78 is 5.57. The summed E-state index contributed by atoms with van der Waals surface area (Å²) in [6.07, 6.45) is 10.8. The van der Waals surface area contributed by atoms with Crippen LogP contribution in [0.5, 0.6) is 0 Å². The van der Waals surface area contributed by atoms with Gasteiger partial charge in [0.25, 0.3) is 0 Å². The molecule has 0 spiro atoms. The highest BCUT2D eigenvalue weighted by molar-refractivity contribution is 4.83. The molecule has 1 aliphatic heterocycles. The Morgan fingerprint density at radius 1 is 1.00 bits per heavy atom. The summed E-state index contributed by atoms with van der Waals surface area (Å²) in [5, 5.41) is 0. The Morgan fingerprint density at radius 2 is 1.76 bits per heavy atom. The van der Waals surface area contributed by atoms with E-state index in [1.54, 1.807) is 0 Å². The first kappa shape index (κ1) is 13.3. The summed E-state index contributed by atoms with van der Waals surface area (Å²) >= 11 is 0. The summed E-state index contributed by atoms with van der Waals surface area (Å²) in [4.78, 5) is 2.73. The second kappa shape index (κ2) is 7.34. The fraction of sp³-hybridized carbons (Fsp3) is 1.00. The van der Waals surface area contributed by atoms with E-state index in [0.717, 1.165) is 32.2 Å². The first-order valence-corrected chi connectivity index (χ1v) is 7.45. The molecule has 2 fully saturated rings. The first-order chi connectivity index (χ1) is 8.42. The van der Waals surface area contributed by atoms with E-state index >= 15 is 0 Å². The summed E-state index contributed by atoms with van der Waals surface area (Å²) in [7, 11) is 0. The van der Waals surface area contributed by atoms with Crippen LogP contribution >= 0.6 is 0 Å². The van der Waals surface area contributed by atoms with Gasteiger partial charge in [-0.3, -0.25) is 4.90 Å². The average Bonchev–Trinajstić information content (AvgIpc) is 2.73. The highest BCUT2D eigenvalue weighted by Crippen LogP contribution is 2.26. The van der Waals surface area contributed by atoms with Crippen LogP contribution in [0.25, 0.3) is 0 Å². The summed E-state index contributed by atoms with van der Waals surface area (Å²) in [5.41, 5.74) is 5.68. The van der Waals surface area contributed by atoms with Crippen molar-refractivity contribution in [3.63, 3.8) is 0 Å². The second-order valence-electron chi connectivity index (χ2n) is 5.54. The highest BCUT2D eigenvalue weighted by atomic mass is 16.5. The predicted molar refractivity (Wildman–Crippen MR) is 71.1 cm³/mol. The first-order valence-electron chi connectivity index (χ1n) is 7.45. The number of nitrogens with zero attached hydrogens (tertiary/aromatic N) is 1. The molecule has 2 aliphatic rings. The highest BCUT2D eigenvalue weighted by Gasteiger charge is 2.29. The van der Waals surface area contributed by atoms with Crippen molar-refractivity contribution in [1.29, 1.82) is 0 Å². The maximum absolute atomic E-state index is 5.68. The van der Waals surface area contributed by atoms with Crippen LogP contribution in [-0.4, -0.2) is 43.3 Å². The zero-order valence-electron chi connectivity index (χ0n) is 11.1. The summed E-state index contributed by atoms with van der Waals surface area (Å²) in [5.74, 6) is 0. The van der Waals surface area contributed by atoms with Crippen molar-refractivity contribution in [3.05, 3.63) is 0 Å². The van der Waals surface area contributed by atoms with Crippen LogP contribution in [0, 0.1) is 0 Å². The van der Waals surface area contributed by atoms with Crippen molar-refractivity contribution in [1.82, 2.24) is 4.90 Å². The predicted octanol–water partition coefficient (Wildman–Crippen LogP) is 2.15. The van der Waals surface area contributed by atoms with Gasteiger partial charge in [0.1, 0.15) is 0 Å². The number of hydrogen-bond donors (Lipinski definition) is 1. The van der Waals surface area contributed by atoms with Gasteiger partial charge in [-0.2, -0.15) is 0 Å². The standard InChI is InChI=1S/C14H28N2O/c15-9-5-10-16(14-8-11-17-12-14)13-6-3-1-2-4-7-13/h13-14H,1-12,15H2. The Labute approximate surface area is 106 Å². The van der Waals surface area contributed by atoms with Gasteiger partial charge in [0.05, 0.1) is 6.61 Å². The van der Waals surface area contributed by atoms with E-state index < -0.39 is 0 Å². The van der Waals surface area contributed by atoms with E-state index in [1.807, 2.05) is 0 Å². The largest absolute Gasteiger partial charge is 0.380 e. The maximum atomic E-state index is 5.68. The topological polar surface area (TPSA) is 38.5 Å². The van der Waals surface area contributed by atoms with Crippen molar-refractivity contribution >= 4 is 0 Å². The Kier molecular flexibility index (Phi) is 5.75. The molecule has 2 rings (SSSR count). The van der Waals surface area contributed by atoms with Crippen molar-refractivity contribution in [3.8, 4) is 0 Å². The number of rotatable bonds is 5. The molecule has 0 bridgehead atoms. The molecule has 3 heteroatoms. The van der Waals surface area contributed by atoms with Gasteiger partial charge >= 0.3 is 0 Å². The van der Waals surface area contributed by atoms with Crippen LogP contribution in [0.15, 0.2) is 0 Å². The van der Waals surface area contributed by atoms with E-state index in [9.17, 15) is 0 Å². The molecule has 0 aromatic carbocycles. The van der Waals surface area contributed by atoms with Gasteiger partial charge < -0.3 is 10.5 Å². The third kappa shape index (κ3) is 3.94. The Balaban J connectivity index is 1.91. The third-order valence-corrected chi connectivity index (χ3v) is 4.29. The van der Waals surface area contributed by atoms with Crippen LogP contribution in [0.4, 0.5) is 0 Å². The SMILES string of the molecule is NCCCN(C1CCCCCC1)C1CCOC1. The van der Waals surface area contributed by atoms with Crippen LogP contribution in [-0.2, 0) is 4.74 Å². The lowest BCUT2D eigenvalue weighted by atomic mass is 10.0. The van der Waals surface area contributed by atoms with Gasteiger partial charge in [-0.25, -0.2) is 0 Å². The maximum Gasteiger partial charge on any atom is 0.0622 e. The van der Waals surface area contributed by atoms with Crippen LogP contribution in [0.1, 0.15) is 51.4 Å². The smallest absolute Gasteiger partial charge is 0.0622 e. The zero-order valence-corrected chi connectivity index (χ0v) is 11.1. The van der Waals surface area contributed by atoms with Crippen molar-refractivity contribution in [2.75, 3.05) is 26.3 Å². The molecule has 17 heavy (non-hydrogen) atoms. The fourth-order valence-corrected chi connectivity index (χ4v) is 3.31. The molecule has 1 heterocycles. The van der Waals surface area contributed by atoms with Crippen LogP contribution in [0.3, 0.4) is 0 Å². The van der Waals surface area contributed by atoms with E-state index in [-0.39, 0.29) is 0 Å². The van der Waals surface area contributed by atoms with Crippen molar-refractivity contribution in [2.45, 2.75) is 63.5 Å². The van der Waals surface area contributed by atoms with E-state index in [4.69, 9.17) is 10.5 Å². The average molecular weight is 240 g/mol. The molecular formula is C14H28N2O. The van der Waals surface area contributed by atoms with Gasteiger partial charge in [-0.15, -0.1) is 0 Å². The summed E-state index contributed by atoms with van der Waals surface area (Å²) in [6, 6.07) is 1.47. The van der Waals surface area contributed by atoms with E-state index in [1.165, 1.54) is 51.5 Å². The Bertz CT molecular complexity index is 196. The normalized spacial score (nSPS) is 27.5. The van der Waals surface area contributed by atoms with Gasteiger partial charge in [-0.1, -0.05) is 25.7 Å². The third-order valence-electron chi connectivity index (χ3n) is 4.29. The molecule has 0 amide bonds. The minimum Gasteiger partial charge on any atom is -0.380 e. The van der Waals surface area contributed by atoms with E-state index in [2.05, 4.69) is 4.90 Å². The Morgan fingerprint density at radius 3 is 2.35 bits per heavy atom. The minimum atomic E-state index is 0.671. The monoisotopic (exact) mass is 240 g/mol. The molecule has 0 aromatic rings. The number of hydrogen-bond acceptors (Lipinski definition) is 3. The lowest BCUT2D eigenvalue weighted by molar-refractivity contribution is 0.0988. The van der Waals surface area contributed by atoms with Gasteiger partial charge in [-0.05, 0) is 32.2 Å². The van der Waals surface area contributed by atoms with Crippen molar-refractivity contribution in [2.24, 2.45) is 5.73 Å². The van der Waals surface area contributed by atoms with Crippen LogP contribution in [0.2, 0.25) is 0 Å². The lowest BCUT2D eigenvalue weighted by Gasteiger charge is -2.35. The van der Waals surface area contributed by atoms with Gasteiger partial charge in [0, 0.05) is 25.2 Å². The van der Waals surface area contributed by atoms with Gasteiger partial charge in [0.2, 0.25) is 0 Å².